The van der Waals surface area contributed by atoms with Gasteiger partial charge in [-0.3, -0.25) is 9.59 Å². The molecule has 1 aliphatic rings. The van der Waals surface area contributed by atoms with Crippen molar-refractivity contribution in [2.45, 2.75) is 63.7 Å². The van der Waals surface area contributed by atoms with Crippen LogP contribution in [0.4, 0.5) is 4.79 Å². The highest BCUT2D eigenvalue weighted by Gasteiger charge is 2.48. The molecule has 1 amide bonds. The summed E-state index contributed by atoms with van der Waals surface area (Å²) in [6.07, 6.45) is 1.53. The Hall–Kier alpha value is -1.74. The van der Waals surface area contributed by atoms with Gasteiger partial charge in [0, 0.05) is 31.2 Å². The largest absolute Gasteiger partial charge is 0.444 e. The lowest BCUT2D eigenvalue weighted by Gasteiger charge is -2.39. The van der Waals surface area contributed by atoms with Crippen molar-refractivity contribution in [2.75, 3.05) is 6.26 Å². The number of rotatable bonds is 6. The third-order valence-electron chi connectivity index (χ3n) is 4.32. The summed E-state index contributed by atoms with van der Waals surface area (Å²) >= 11 is 4.73. The Bertz CT molecular complexity index is 785. The van der Waals surface area contributed by atoms with Crippen LogP contribution in [0.5, 0.6) is 0 Å². The predicted octanol–water partition coefficient (Wildman–Crippen LogP) is 4.42. The number of ether oxygens (including phenoxy) is 3. The average molecular weight is 502 g/mol. The maximum atomic E-state index is 12.6. The zero-order chi connectivity index (χ0) is 22.7. The first kappa shape index (κ1) is 24.5. The molecule has 0 aromatic heterocycles. The van der Waals surface area contributed by atoms with Gasteiger partial charge in [0.2, 0.25) is 0 Å². The number of amides is 1. The SMILES string of the molecule is CSC(Cc1ccc(Br)cc1)(CC1C(=O)OC(C)(C)OC1=O)NC(=O)OC(C)(C)C. The zero-order valence-electron chi connectivity index (χ0n) is 18.0. The molecule has 9 heteroatoms. The lowest BCUT2D eigenvalue weighted by molar-refractivity contribution is -0.240. The topological polar surface area (TPSA) is 90.9 Å². The fraction of sp³-hybridized carbons (Fsp3) is 0.571. The second kappa shape index (κ2) is 9.18. The van der Waals surface area contributed by atoms with Crippen LogP contribution in [0.3, 0.4) is 0 Å². The minimum absolute atomic E-state index is 0.00276. The maximum absolute atomic E-state index is 12.6. The van der Waals surface area contributed by atoms with Crippen molar-refractivity contribution < 1.29 is 28.6 Å². The second-order valence-corrected chi connectivity index (χ2v) is 10.7. The van der Waals surface area contributed by atoms with Crippen LogP contribution in [-0.4, -0.2) is 40.5 Å². The number of esters is 2. The van der Waals surface area contributed by atoms with Gasteiger partial charge in [0.25, 0.3) is 5.79 Å². The van der Waals surface area contributed by atoms with Crippen LogP contribution < -0.4 is 5.32 Å². The van der Waals surface area contributed by atoms with Gasteiger partial charge in [0.1, 0.15) is 5.60 Å². The van der Waals surface area contributed by atoms with E-state index in [2.05, 4.69) is 21.2 Å². The predicted molar refractivity (Wildman–Crippen MR) is 118 cm³/mol. The van der Waals surface area contributed by atoms with E-state index in [-0.39, 0.29) is 6.42 Å². The van der Waals surface area contributed by atoms with Gasteiger partial charge in [0.15, 0.2) is 5.92 Å². The number of nitrogens with one attached hydrogen (secondary N) is 1. The maximum Gasteiger partial charge on any atom is 0.408 e. The summed E-state index contributed by atoms with van der Waals surface area (Å²) < 4.78 is 16.9. The highest BCUT2D eigenvalue weighted by molar-refractivity contribution is 9.10. The molecule has 0 spiro atoms. The summed E-state index contributed by atoms with van der Waals surface area (Å²) in [5.74, 6) is -3.81. The summed E-state index contributed by atoms with van der Waals surface area (Å²) in [6, 6.07) is 7.60. The highest BCUT2D eigenvalue weighted by Crippen LogP contribution is 2.36. The van der Waals surface area contributed by atoms with Crippen LogP contribution in [0, 0.1) is 5.92 Å². The molecule has 1 saturated heterocycles. The quantitative estimate of drug-likeness (QED) is 0.350. The van der Waals surface area contributed by atoms with E-state index in [1.165, 1.54) is 25.6 Å². The molecule has 0 bridgehead atoms. The first-order valence-electron chi connectivity index (χ1n) is 9.51. The molecule has 0 aliphatic carbocycles. The zero-order valence-corrected chi connectivity index (χ0v) is 20.4. The van der Waals surface area contributed by atoms with Crippen LogP contribution >= 0.6 is 27.7 Å². The first-order valence-corrected chi connectivity index (χ1v) is 11.5. The number of cyclic esters (lactones) is 2. The second-order valence-electron chi connectivity index (χ2n) is 8.63. The number of hydrogen-bond donors (Lipinski definition) is 1. The van der Waals surface area contributed by atoms with Crippen molar-refractivity contribution in [3.05, 3.63) is 34.3 Å². The molecule has 1 fully saturated rings. The molecule has 1 unspecified atom stereocenters. The number of hydrogen-bond acceptors (Lipinski definition) is 7. The molecule has 2 rings (SSSR count). The Morgan fingerprint density at radius 2 is 1.70 bits per heavy atom. The molecule has 30 heavy (non-hydrogen) atoms. The number of carbonyl (C=O) groups is 3. The summed E-state index contributed by atoms with van der Waals surface area (Å²) in [5, 5.41) is 2.88. The summed E-state index contributed by atoms with van der Waals surface area (Å²) in [6.45, 7) is 8.29. The molecule has 166 valence electrons. The molecular weight excluding hydrogens is 474 g/mol. The van der Waals surface area contributed by atoms with Crippen molar-refractivity contribution in [3.63, 3.8) is 0 Å². The van der Waals surface area contributed by atoms with Crippen LogP contribution in [0.15, 0.2) is 28.7 Å². The molecule has 1 aliphatic heterocycles. The summed E-state index contributed by atoms with van der Waals surface area (Å²) in [7, 11) is 0. The van der Waals surface area contributed by atoms with Crippen molar-refractivity contribution in [1.29, 1.82) is 0 Å². The Balaban J connectivity index is 2.33. The summed E-state index contributed by atoms with van der Waals surface area (Å²) in [4.78, 5) is 36.7. The monoisotopic (exact) mass is 501 g/mol. The van der Waals surface area contributed by atoms with E-state index in [9.17, 15) is 14.4 Å². The highest BCUT2D eigenvalue weighted by atomic mass is 79.9. The van der Waals surface area contributed by atoms with E-state index in [0.717, 1.165) is 10.0 Å². The lowest BCUT2D eigenvalue weighted by Crippen LogP contribution is -2.54. The fourth-order valence-corrected chi connectivity index (χ4v) is 4.13. The van der Waals surface area contributed by atoms with E-state index in [1.807, 2.05) is 24.3 Å². The van der Waals surface area contributed by atoms with Crippen LogP contribution in [0.25, 0.3) is 0 Å². The molecule has 1 N–H and O–H groups in total. The van der Waals surface area contributed by atoms with Gasteiger partial charge >= 0.3 is 18.0 Å². The van der Waals surface area contributed by atoms with Gasteiger partial charge in [0.05, 0.1) is 4.87 Å². The molecule has 0 saturated carbocycles. The minimum Gasteiger partial charge on any atom is -0.444 e. The van der Waals surface area contributed by atoms with Crippen LogP contribution in [0.2, 0.25) is 0 Å². The molecule has 1 heterocycles. The molecule has 1 aromatic rings. The Morgan fingerprint density at radius 3 is 2.17 bits per heavy atom. The first-order chi connectivity index (χ1) is 13.7. The van der Waals surface area contributed by atoms with Crippen molar-refractivity contribution in [1.82, 2.24) is 5.32 Å². The van der Waals surface area contributed by atoms with Gasteiger partial charge in [-0.25, -0.2) is 4.79 Å². The third kappa shape index (κ3) is 6.91. The number of carbonyl (C=O) groups excluding carboxylic acids is 3. The van der Waals surface area contributed by atoms with E-state index in [4.69, 9.17) is 14.2 Å². The Labute approximate surface area is 189 Å². The van der Waals surface area contributed by atoms with Gasteiger partial charge < -0.3 is 19.5 Å². The molecule has 1 aromatic carbocycles. The van der Waals surface area contributed by atoms with E-state index >= 15 is 0 Å². The van der Waals surface area contributed by atoms with E-state index in [1.54, 1.807) is 27.0 Å². The summed E-state index contributed by atoms with van der Waals surface area (Å²) in [5.41, 5.74) is 0.222. The minimum atomic E-state index is -1.31. The smallest absolute Gasteiger partial charge is 0.408 e. The van der Waals surface area contributed by atoms with Crippen molar-refractivity contribution in [2.24, 2.45) is 5.92 Å². The van der Waals surface area contributed by atoms with E-state index in [0.29, 0.717) is 6.42 Å². The molecular formula is C21H28BrNO6S. The van der Waals surface area contributed by atoms with Crippen LogP contribution in [-0.2, 0) is 30.2 Å². The third-order valence-corrected chi connectivity index (χ3v) is 6.04. The van der Waals surface area contributed by atoms with Gasteiger partial charge in [-0.05, 0) is 44.7 Å². The van der Waals surface area contributed by atoms with Gasteiger partial charge in [-0.15, -0.1) is 11.8 Å². The molecule has 7 nitrogen and oxygen atoms in total. The standard InChI is InChI=1S/C21H28BrNO6S/c1-19(2,3)29-18(26)23-21(30-6,11-13-7-9-14(22)10-8-13)12-15-16(24)27-20(4,5)28-17(15)25/h7-10,15H,11-12H2,1-6H3,(H,23,26). The van der Waals surface area contributed by atoms with E-state index < -0.39 is 40.2 Å². The number of benzene rings is 1. The van der Waals surface area contributed by atoms with Crippen molar-refractivity contribution in [3.8, 4) is 0 Å². The molecule has 0 radical (unpaired) electrons. The van der Waals surface area contributed by atoms with Crippen LogP contribution in [0.1, 0.15) is 46.6 Å². The fourth-order valence-electron chi connectivity index (χ4n) is 3.04. The van der Waals surface area contributed by atoms with Gasteiger partial charge in [-0.2, -0.15) is 0 Å². The Kier molecular flexibility index (Phi) is 7.50. The van der Waals surface area contributed by atoms with Gasteiger partial charge in [-0.1, -0.05) is 28.1 Å². The number of thioether (sulfide) groups is 1. The average Bonchev–Trinajstić information content (AvgIpc) is 2.57. The number of alkyl carbamates (subject to hydrolysis) is 1. The molecule has 1 atom stereocenters. The van der Waals surface area contributed by atoms with Crippen molar-refractivity contribution >= 4 is 45.7 Å². The Morgan fingerprint density at radius 1 is 1.17 bits per heavy atom. The lowest BCUT2D eigenvalue weighted by atomic mass is 9.93. The normalized spacial score (nSPS) is 18.8. The number of halogens is 1.